The molecule has 4 nitrogen and oxygen atoms in total. The fourth-order valence-corrected chi connectivity index (χ4v) is 1.66. The summed E-state index contributed by atoms with van der Waals surface area (Å²) in [6.07, 6.45) is 3.54. The van der Waals surface area contributed by atoms with Crippen LogP contribution in [0.2, 0.25) is 0 Å². The molecule has 0 atom stereocenters. The average Bonchev–Trinajstić information content (AvgIpc) is 2.40. The molecule has 0 amide bonds. The van der Waals surface area contributed by atoms with Gasteiger partial charge in [-0.2, -0.15) is 0 Å². The van der Waals surface area contributed by atoms with E-state index in [2.05, 4.69) is 41.0 Å². The van der Waals surface area contributed by atoms with Crippen molar-refractivity contribution in [1.82, 2.24) is 15.0 Å². The molecule has 0 aliphatic rings. The van der Waals surface area contributed by atoms with Gasteiger partial charge in [0.1, 0.15) is 5.82 Å². The highest BCUT2D eigenvalue weighted by molar-refractivity contribution is 5.56. The van der Waals surface area contributed by atoms with Crippen molar-refractivity contribution < 1.29 is 0 Å². The van der Waals surface area contributed by atoms with Gasteiger partial charge in [-0.25, -0.2) is 9.97 Å². The largest absolute Gasteiger partial charge is 0.370 e. The summed E-state index contributed by atoms with van der Waals surface area (Å²) in [5.74, 6) is 1.97. The molecule has 2 aromatic heterocycles. The number of anilines is 1. The maximum Gasteiger partial charge on any atom is 0.163 e. The van der Waals surface area contributed by atoms with Crippen molar-refractivity contribution in [3.05, 3.63) is 36.3 Å². The third kappa shape index (κ3) is 2.83. The quantitative estimate of drug-likeness (QED) is 0.895. The first-order valence-electron chi connectivity index (χ1n) is 6.24. The van der Waals surface area contributed by atoms with Gasteiger partial charge >= 0.3 is 0 Å². The van der Waals surface area contributed by atoms with E-state index in [1.807, 2.05) is 18.2 Å². The average molecular weight is 242 g/mol. The molecular weight excluding hydrogens is 224 g/mol. The lowest BCUT2D eigenvalue weighted by Crippen LogP contribution is -2.05. The van der Waals surface area contributed by atoms with Gasteiger partial charge in [0.15, 0.2) is 5.82 Å². The van der Waals surface area contributed by atoms with E-state index in [1.54, 1.807) is 12.4 Å². The van der Waals surface area contributed by atoms with Gasteiger partial charge in [-0.05, 0) is 25.0 Å². The molecule has 2 rings (SSSR count). The lowest BCUT2D eigenvalue weighted by Gasteiger charge is -2.10. The Hall–Kier alpha value is -1.97. The first-order chi connectivity index (χ1) is 8.70. The monoisotopic (exact) mass is 242 g/mol. The zero-order chi connectivity index (χ0) is 13.0. The first-order valence-corrected chi connectivity index (χ1v) is 6.24. The van der Waals surface area contributed by atoms with E-state index in [1.165, 1.54) is 0 Å². The predicted molar refractivity (Wildman–Crippen MR) is 73.5 cm³/mol. The van der Waals surface area contributed by atoms with E-state index in [0.717, 1.165) is 29.4 Å². The molecule has 0 aliphatic heterocycles. The van der Waals surface area contributed by atoms with Gasteiger partial charge in [0, 0.05) is 36.3 Å². The number of pyridine rings is 1. The van der Waals surface area contributed by atoms with Crippen LogP contribution in [0.15, 0.2) is 30.6 Å². The van der Waals surface area contributed by atoms with Crippen LogP contribution in [0.3, 0.4) is 0 Å². The second kappa shape index (κ2) is 5.58. The molecular formula is C14H18N4. The molecule has 1 N–H and O–H groups in total. The standard InChI is InChI=1S/C14H18N4/c1-4-16-13-8-12(10(2)3)17-14(18-13)11-6-5-7-15-9-11/h5-10H,4H2,1-3H3,(H,16,17,18). The number of aromatic nitrogens is 3. The molecule has 4 heteroatoms. The molecule has 0 aliphatic carbocycles. The Balaban J connectivity index is 2.46. The Labute approximate surface area is 108 Å². The van der Waals surface area contributed by atoms with Crippen LogP contribution >= 0.6 is 0 Å². The van der Waals surface area contributed by atoms with E-state index in [-0.39, 0.29) is 0 Å². The summed E-state index contributed by atoms with van der Waals surface area (Å²) in [5, 5.41) is 3.24. The lowest BCUT2D eigenvalue weighted by atomic mass is 10.1. The Bertz CT molecular complexity index is 508. The molecule has 0 unspecified atom stereocenters. The number of rotatable bonds is 4. The summed E-state index contributed by atoms with van der Waals surface area (Å²) in [6, 6.07) is 5.88. The summed E-state index contributed by atoms with van der Waals surface area (Å²) in [4.78, 5) is 13.2. The smallest absolute Gasteiger partial charge is 0.163 e. The molecule has 0 radical (unpaired) electrons. The van der Waals surface area contributed by atoms with E-state index in [4.69, 9.17) is 0 Å². The summed E-state index contributed by atoms with van der Waals surface area (Å²) in [7, 11) is 0. The van der Waals surface area contributed by atoms with E-state index < -0.39 is 0 Å². The topological polar surface area (TPSA) is 50.7 Å². The van der Waals surface area contributed by atoms with Crippen molar-refractivity contribution in [1.29, 1.82) is 0 Å². The second-order valence-corrected chi connectivity index (χ2v) is 4.43. The molecule has 94 valence electrons. The molecule has 0 aromatic carbocycles. The highest BCUT2D eigenvalue weighted by atomic mass is 15.0. The van der Waals surface area contributed by atoms with Gasteiger partial charge in [0.25, 0.3) is 0 Å². The minimum atomic E-state index is 0.376. The van der Waals surface area contributed by atoms with Crippen LogP contribution < -0.4 is 5.32 Å². The summed E-state index contributed by atoms with van der Waals surface area (Å²) in [5.41, 5.74) is 1.99. The fraction of sp³-hybridized carbons (Fsp3) is 0.357. The van der Waals surface area contributed by atoms with Crippen LogP contribution in [-0.2, 0) is 0 Å². The SMILES string of the molecule is CCNc1cc(C(C)C)nc(-c2cccnc2)n1. The van der Waals surface area contributed by atoms with Crippen molar-refractivity contribution in [2.75, 3.05) is 11.9 Å². The Kier molecular flexibility index (Phi) is 3.87. The van der Waals surface area contributed by atoms with Gasteiger partial charge in [-0.1, -0.05) is 13.8 Å². The van der Waals surface area contributed by atoms with Crippen LogP contribution in [0.25, 0.3) is 11.4 Å². The van der Waals surface area contributed by atoms with Crippen molar-refractivity contribution in [3.8, 4) is 11.4 Å². The summed E-state index contributed by atoms with van der Waals surface area (Å²) < 4.78 is 0. The van der Waals surface area contributed by atoms with Crippen LogP contribution in [0.4, 0.5) is 5.82 Å². The van der Waals surface area contributed by atoms with Crippen LogP contribution in [0, 0.1) is 0 Å². The van der Waals surface area contributed by atoms with Crippen molar-refractivity contribution in [2.24, 2.45) is 0 Å². The normalized spacial score (nSPS) is 10.7. The second-order valence-electron chi connectivity index (χ2n) is 4.43. The van der Waals surface area contributed by atoms with Gasteiger partial charge in [-0.3, -0.25) is 4.98 Å². The number of nitrogens with one attached hydrogen (secondary N) is 1. The Morgan fingerprint density at radius 3 is 2.72 bits per heavy atom. The number of nitrogens with zero attached hydrogens (tertiary/aromatic N) is 3. The highest BCUT2D eigenvalue weighted by Gasteiger charge is 2.09. The molecule has 0 saturated heterocycles. The van der Waals surface area contributed by atoms with Gasteiger partial charge in [0.05, 0.1) is 0 Å². The molecule has 2 aromatic rings. The molecule has 0 fully saturated rings. The fourth-order valence-electron chi connectivity index (χ4n) is 1.66. The Morgan fingerprint density at radius 2 is 2.11 bits per heavy atom. The van der Waals surface area contributed by atoms with Crippen molar-refractivity contribution in [2.45, 2.75) is 26.7 Å². The molecule has 0 spiro atoms. The zero-order valence-corrected chi connectivity index (χ0v) is 11.0. The maximum atomic E-state index is 4.59. The third-order valence-corrected chi connectivity index (χ3v) is 2.62. The summed E-state index contributed by atoms with van der Waals surface area (Å²) in [6.45, 7) is 7.16. The van der Waals surface area contributed by atoms with Gasteiger partial charge in [-0.15, -0.1) is 0 Å². The number of hydrogen-bond donors (Lipinski definition) is 1. The highest BCUT2D eigenvalue weighted by Crippen LogP contribution is 2.21. The maximum absolute atomic E-state index is 4.59. The first kappa shape index (κ1) is 12.5. The molecule has 0 saturated carbocycles. The molecule has 0 bridgehead atoms. The minimum Gasteiger partial charge on any atom is -0.370 e. The van der Waals surface area contributed by atoms with Crippen molar-refractivity contribution >= 4 is 5.82 Å². The minimum absolute atomic E-state index is 0.376. The Morgan fingerprint density at radius 1 is 1.28 bits per heavy atom. The third-order valence-electron chi connectivity index (χ3n) is 2.62. The van der Waals surface area contributed by atoms with Crippen LogP contribution in [0.5, 0.6) is 0 Å². The predicted octanol–water partition coefficient (Wildman–Crippen LogP) is 3.09. The van der Waals surface area contributed by atoms with Gasteiger partial charge in [0.2, 0.25) is 0 Å². The van der Waals surface area contributed by atoms with E-state index >= 15 is 0 Å². The van der Waals surface area contributed by atoms with Crippen LogP contribution in [0.1, 0.15) is 32.4 Å². The zero-order valence-electron chi connectivity index (χ0n) is 11.0. The van der Waals surface area contributed by atoms with E-state index in [9.17, 15) is 0 Å². The number of hydrogen-bond acceptors (Lipinski definition) is 4. The van der Waals surface area contributed by atoms with Crippen LogP contribution in [-0.4, -0.2) is 21.5 Å². The van der Waals surface area contributed by atoms with Gasteiger partial charge < -0.3 is 5.32 Å². The summed E-state index contributed by atoms with van der Waals surface area (Å²) >= 11 is 0. The molecule has 18 heavy (non-hydrogen) atoms. The van der Waals surface area contributed by atoms with E-state index in [0.29, 0.717) is 5.92 Å². The molecule has 2 heterocycles. The lowest BCUT2D eigenvalue weighted by molar-refractivity contribution is 0.817. The van der Waals surface area contributed by atoms with Crippen molar-refractivity contribution in [3.63, 3.8) is 0 Å².